The highest BCUT2D eigenvalue weighted by atomic mass is 16.4. The molecule has 0 unspecified atom stereocenters. The summed E-state index contributed by atoms with van der Waals surface area (Å²) >= 11 is 0. The molecule has 1 aliphatic rings. The number of piperidine rings is 1. The minimum Gasteiger partial charge on any atom is -0.480 e. The highest BCUT2D eigenvalue weighted by Crippen LogP contribution is 2.18. The summed E-state index contributed by atoms with van der Waals surface area (Å²) < 4.78 is 0. The first-order valence-electron chi connectivity index (χ1n) is 5.85. The van der Waals surface area contributed by atoms with Gasteiger partial charge in [-0.05, 0) is 32.2 Å². The van der Waals surface area contributed by atoms with Gasteiger partial charge in [0.15, 0.2) is 0 Å². The number of carbonyl (C=O) groups is 3. The second kappa shape index (κ2) is 6.34. The Balaban J connectivity index is 2.70. The summed E-state index contributed by atoms with van der Waals surface area (Å²) in [5.74, 6) is -1.87. The van der Waals surface area contributed by atoms with Gasteiger partial charge in [0, 0.05) is 12.8 Å². The molecule has 0 radical (unpaired) electrons. The number of carboxylic acid groups (broad SMARTS) is 1. The number of unbranched alkanes of at least 4 members (excludes halogenated alkanes) is 1. The summed E-state index contributed by atoms with van der Waals surface area (Å²) in [4.78, 5) is 35.2. The molecule has 0 saturated carbocycles. The highest BCUT2D eigenvalue weighted by molar-refractivity contribution is 6.01. The van der Waals surface area contributed by atoms with Crippen molar-refractivity contribution in [1.29, 1.82) is 0 Å². The lowest BCUT2D eigenvalue weighted by Gasteiger charge is -2.30. The number of carboxylic acids is 1. The molecule has 1 saturated heterocycles. The average Bonchev–Trinajstić information content (AvgIpc) is 2.26. The average molecular weight is 242 g/mol. The van der Waals surface area contributed by atoms with E-state index in [-0.39, 0.29) is 31.1 Å². The Labute approximate surface area is 99.8 Å². The third-order valence-corrected chi connectivity index (χ3v) is 2.85. The molecule has 0 aromatic rings. The van der Waals surface area contributed by atoms with Gasteiger partial charge in [-0.1, -0.05) is 0 Å². The van der Waals surface area contributed by atoms with Crippen LogP contribution in [0.2, 0.25) is 0 Å². The van der Waals surface area contributed by atoms with E-state index in [2.05, 4.69) is 0 Å². The number of hydrogen-bond acceptors (Lipinski definition) is 4. The zero-order chi connectivity index (χ0) is 12.8. The zero-order valence-corrected chi connectivity index (χ0v) is 9.72. The maximum absolute atomic E-state index is 11.6. The van der Waals surface area contributed by atoms with Crippen molar-refractivity contribution in [3.63, 3.8) is 0 Å². The van der Waals surface area contributed by atoms with Gasteiger partial charge in [-0.25, -0.2) is 4.79 Å². The molecule has 6 nitrogen and oxygen atoms in total. The van der Waals surface area contributed by atoms with Gasteiger partial charge in [0.2, 0.25) is 11.8 Å². The largest absolute Gasteiger partial charge is 0.480 e. The standard InChI is InChI=1S/C11H18N2O4/c12-7-2-1-4-8(11(16)17)13-9(14)5-3-6-10(13)15/h8H,1-7,12H2,(H,16,17)/t8-/m0/s1. The third kappa shape index (κ3) is 3.52. The van der Waals surface area contributed by atoms with Crippen molar-refractivity contribution in [2.45, 2.75) is 44.6 Å². The molecule has 1 heterocycles. The van der Waals surface area contributed by atoms with Crippen LogP contribution in [0.15, 0.2) is 0 Å². The molecular weight excluding hydrogens is 224 g/mol. The van der Waals surface area contributed by atoms with E-state index in [1.807, 2.05) is 0 Å². The van der Waals surface area contributed by atoms with Crippen LogP contribution in [0.4, 0.5) is 0 Å². The summed E-state index contributed by atoms with van der Waals surface area (Å²) in [5.41, 5.74) is 5.33. The van der Waals surface area contributed by atoms with Gasteiger partial charge in [-0.3, -0.25) is 14.5 Å². The number of imide groups is 1. The summed E-state index contributed by atoms with van der Waals surface area (Å²) in [6.45, 7) is 0.480. The predicted octanol–water partition coefficient (Wildman–Crippen LogP) is 0.108. The van der Waals surface area contributed by atoms with Crippen molar-refractivity contribution in [3.05, 3.63) is 0 Å². The molecule has 1 rings (SSSR count). The summed E-state index contributed by atoms with van der Waals surface area (Å²) in [6, 6.07) is -1.03. The molecule has 6 heteroatoms. The second-order valence-corrected chi connectivity index (χ2v) is 4.15. The van der Waals surface area contributed by atoms with Crippen molar-refractivity contribution in [3.8, 4) is 0 Å². The maximum atomic E-state index is 11.6. The number of rotatable bonds is 6. The number of nitrogens with zero attached hydrogens (tertiary/aromatic N) is 1. The van der Waals surface area contributed by atoms with Crippen LogP contribution in [-0.2, 0) is 14.4 Å². The maximum Gasteiger partial charge on any atom is 0.326 e. The first-order valence-corrected chi connectivity index (χ1v) is 5.85. The van der Waals surface area contributed by atoms with Crippen LogP contribution in [0.3, 0.4) is 0 Å². The van der Waals surface area contributed by atoms with Crippen molar-refractivity contribution in [2.75, 3.05) is 6.54 Å². The number of hydrogen-bond donors (Lipinski definition) is 2. The molecule has 0 aromatic carbocycles. The van der Waals surface area contributed by atoms with Crippen LogP contribution in [0.25, 0.3) is 0 Å². The first-order chi connectivity index (χ1) is 8.07. The molecule has 0 bridgehead atoms. The molecule has 17 heavy (non-hydrogen) atoms. The monoisotopic (exact) mass is 242 g/mol. The minimum atomic E-state index is -1.12. The Kier molecular flexibility index (Phi) is 5.09. The fourth-order valence-electron chi connectivity index (χ4n) is 1.96. The number of nitrogens with two attached hydrogens (primary N) is 1. The van der Waals surface area contributed by atoms with E-state index in [0.717, 1.165) is 4.90 Å². The summed E-state index contributed by atoms with van der Waals surface area (Å²) in [6.07, 6.45) is 2.61. The third-order valence-electron chi connectivity index (χ3n) is 2.85. The van der Waals surface area contributed by atoms with Crippen LogP contribution >= 0.6 is 0 Å². The smallest absolute Gasteiger partial charge is 0.326 e. The quantitative estimate of drug-likeness (QED) is 0.508. The van der Waals surface area contributed by atoms with Gasteiger partial charge in [0.25, 0.3) is 0 Å². The van der Waals surface area contributed by atoms with Crippen molar-refractivity contribution in [1.82, 2.24) is 4.90 Å². The van der Waals surface area contributed by atoms with Gasteiger partial charge >= 0.3 is 5.97 Å². The number of carbonyl (C=O) groups excluding carboxylic acids is 2. The Hall–Kier alpha value is -1.43. The molecular formula is C11H18N2O4. The minimum absolute atomic E-state index is 0.256. The topological polar surface area (TPSA) is 101 Å². The number of likely N-dealkylation sites (tertiary alicyclic amines) is 1. The predicted molar refractivity (Wildman–Crippen MR) is 60.0 cm³/mol. The van der Waals surface area contributed by atoms with E-state index in [0.29, 0.717) is 25.8 Å². The van der Waals surface area contributed by atoms with Gasteiger partial charge in [-0.15, -0.1) is 0 Å². The molecule has 1 fully saturated rings. The van der Waals surface area contributed by atoms with Gasteiger partial charge in [0.05, 0.1) is 0 Å². The lowest BCUT2D eigenvalue weighted by molar-refractivity contribution is -0.160. The van der Waals surface area contributed by atoms with Crippen LogP contribution in [0.5, 0.6) is 0 Å². The summed E-state index contributed by atoms with van der Waals surface area (Å²) in [7, 11) is 0. The van der Waals surface area contributed by atoms with Crippen LogP contribution in [-0.4, -0.2) is 40.4 Å². The van der Waals surface area contributed by atoms with Gasteiger partial charge in [0.1, 0.15) is 6.04 Å². The van der Waals surface area contributed by atoms with Crippen molar-refractivity contribution >= 4 is 17.8 Å². The molecule has 0 spiro atoms. The molecule has 3 N–H and O–H groups in total. The van der Waals surface area contributed by atoms with E-state index in [1.54, 1.807) is 0 Å². The Morgan fingerprint density at radius 1 is 1.29 bits per heavy atom. The fourth-order valence-corrected chi connectivity index (χ4v) is 1.96. The van der Waals surface area contributed by atoms with Gasteiger partial charge in [-0.2, -0.15) is 0 Å². The van der Waals surface area contributed by atoms with E-state index < -0.39 is 12.0 Å². The Morgan fingerprint density at radius 2 is 1.88 bits per heavy atom. The zero-order valence-electron chi connectivity index (χ0n) is 9.72. The number of amides is 2. The molecule has 2 amide bonds. The highest BCUT2D eigenvalue weighted by Gasteiger charge is 2.36. The molecule has 1 atom stereocenters. The van der Waals surface area contributed by atoms with E-state index in [9.17, 15) is 14.4 Å². The Bertz CT molecular complexity index is 301. The SMILES string of the molecule is NCCCC[C@@H](C(=O)O)N1C(=O)CCCC1=O. The lowest BCUT2D eigenvalue weighted by Crippen LogP contribution is -2.50. The fraction of sp³-hybridized carbons (Fsp3) is 0.727. The van der Waals surface area contributed by atoms with Crippen molar-refractivity contribution < 1.29 is 19.5 Å². The molecule has 0 aliphatic carbocycles. The van der Waals surface area contributed by atoms with Gasteiger partial charge < -0.3 is 10.8 Å². The lowest BCUT2D eigenvalue weighted by atomic mass is 10.0. The normalized spacial score (nSPS) is 18.3. The summed E-state index contributed by atoms with van der Waals surface area (Å²) in [5, 5.41) is 9.08. The van der Waals surface area contributed by atoms with E-state index >= 15 is 0 Å². The molecule has 1 aliphatic heterocycles. The molecule has 96 valence electrons. The van der Waals surface area contributed by atoms with E-state index in [1.165, 1.54) is 0 Å². The first kappa shape index (κ1) is 13.6. The second-order valence-electron chi connectivity index (χ2n) is 4.15. The van der Waals surface area contributed by atoms with Crippen LogP contribution in [0, 0.1) is 0 Å². The Morgan fingerprint density at radius 3 is 2.35 bits per heavy atom. The van der Waals surface area contributed by atoms with Crippen LogP contribution < -0.4 is 5.73 Å². The number of aliphatic carboxylic acids is 1. The molecule has 0 aromatic heterocycles. The van der Waals surface area contributed by atoms with Crippen molar-refractivity contribution in [2.24, 2.45) is 5.73 Å². The van der Waals surface area contributed by atoms with Crippen LogP contribution in [0.1, 0.15) is 38.5 Å². The van der Waals surface area contributed by atoms with E-state index in [4.69, 9.17) is 10.8 Å².